The Hall–Kier alpha value is -2.15. The molecule has 0 aliphatic rings. The van der Waals surface area contributed by atoms with Gasteiger partial charge in [-0.05, 0) is 33.8 Å². The first kappa shape index (κ1) is 25.9. The molecule has 0 spiro atoms. The maximum atomic E-state index is 12.0. The average molecular weight is 550 g/mol. The van der Waals surface area contributed by atoms with Gasteiger partial charge in [0.05, 0.1) is 32.0 Å². The summed E-state index contributed by atoms with van der Waals surface area (Å²) in [5.74, 6) is 0.794. The van der Waals surface area contributed by atoms with Gasteiger partial charge in [-0.25, -0.2) is 14.6 Å². The van der Waals surface area contributed by atoms with Gasteiger partial charge < -0.3 is 24.5 Å². The van der Waals surface area contributed by atoms with Gasteiger partial charge in [-0.15, -0.1) is 35.3 Å². The first-order chi connectivity index (χ1) is 13.8. The largest absolute Gasteiger partial charge is 0.465 e. The number of carbonyl (C=O) groups is 2. The third kappa shape index (κ3) is 6.42. The average Bonchev–Trinajstić information content (AvgIpc) is 3.27. The second-order valence-corrected chi connectivity index (χ2v) is 7.18. The van der Waals surface area contributed by atoms with Gasteiger partial charge in [-0.1, -0.05) is 0 Å². The minimum atomic E-state index is -0.440. The van der Waals surface area contributed by atoms with Crippen molar-refractivity contribution < 1.29 is 23.5 Å². The van der Waals surface area contributed by atoms with Crippen LogP contribution < -0.4 is 10.6 Å². The normalized spacial score (nSPS) is 12.0. The van der Waals surface area contributed by atoms with E-state index in [0.717, 1.165) is 5.01 Å². The number of nitrogens with zero attached hydrogens (tertiary/aromatic N) is 2. The summed E-state index contributed by atoms with van der Waals surface area (Å²) in [4.78, 5) is 32.8. The van der Waals surface area contributed by atoms with Gasteiger partial charge in [0, 0.05) is 7.05 Å². The number of aryl methyl sites for hydroxylation is 2. The third-order valence-corrected chi connectivity index (χ3v) is 5.35. The number of carbonyl (C=O) groups excluding carboxylic acids is 2. The lowest BCUT2D eigenvalue weighted by atomic mass is 10.2. The fourth-order valence-electron chi connectivity index (χ4n) is 2.56. The Morgan fingerprint density at radius 1 is 1.33 bits per heavy atom. The summed E-state index contributed by atoms with van der Waals surface area (Å²) in [6.45, 7) is 7.83. The van der Waals surface area contributed by atoms with Gasteiger partial charge >= 0.3 is 11.9 Å². The van der Waals surface area contributed by atoms with Gasteiger partial charge in [0.25, 0.3) is 0 Å². The molecule has 166 valence electrons. The summed E-state index contributed by atoms with van der Waals surface area (Å²) in [6.07, 6.45) is 0. The molecule has 11 heteroatoms. The lowest BCUT2D eigenvalue weighted by Gasteiger charge is -2.15. The van der Waals surface area contributed by atoms with Crippen molar-refractivity contribution in [3.05, 3.63) is 38.7 Å². The Balaban J connectivity index is 0.00000450. The van der Waals surface area contributed by atoms with Crippen molar-refractivity contribution >= 4 is 53.2 Å². The minimum Gasteiger partial charge on any atom is -0.465 e. The van der Waals surface area contributed by atoms with E-state index < -0.39 is 5.97 Å². The highest BCUT2D eigenvalue weighted by Crippen LogP contribution is 2.24. The highest BCUT2D eigenvalue weighted by Gasteiger charge is 2.20. The van der Waals surface area contributed by atoms with Crippen LogP contribution in [0.3, 0.4) is 0 Å². The van der Waals surface area contributed by atoms with Gasteiger partial charge in [0.15, 0.2) is 5.96 Å². The van der Waals surface area contributed by atoms with Crippen LogP contribution in [-0.2, 0) is 16.0 Å². The van der Waals surface area contributed by atoms with Crippen molar-refractivity contribution in [2.24, 2.45) is 4.99 Å². The third-order valence-electron chi connectivity index (χ3n) is 4.03. The lowest BCUT2D eigenvalue weighted by molar-refractivity contribution is 0.0529. The molecule has 0 fully saturated rings. The molecule has 9 nitrogen and oxygen atoms in total. The van der Waals surface area contributed by atoms with E-state index in [2.05, 4.69) is 20.6 Å². The summed E-state index contributed by atoms with van der Waals surface area (Å²) < 4.78 is 15.4. The minimum absolute atomic E-state index is 0. The van der Waals surface area contributed by atoms with Crippen LogP contribution in [0.1, 0.15) is 62.1 Å². The molecule has 0 bridgehead atoms. The van der Waals surface area contributed by atoms with Crippen molar-refractivity contribution in [3.8, 4) is 0 Å². The van der Waals surface area contributed by atoms with E-state index in [9.17, 15) is 9.59 Å². The molecule has 0 aromatic carbocycles. The molecular formula is C19H27IN4O5S. The van der Waals surface area contributed by atoms with Crippen LogP contribution in [-0.4, -0.2) is 43.6 Å². The number of thiazole rings is 1. The zero-order chi connectivity index (χ0) is 21.6. The van der Waals surface area contributed by atoms with Crippen LogP contribution in [0.4, 0.5) is 0 Å². The molecule has 2 N–H and O–H groups in total. The Morgan fingerprint density at radius 3 is 2.63 bits per heavy atom. The van der Waals surface area contributed by atoms with Crippen LogP contribution in [0.25, 0.3) is 0 Å². The number of methoxy groups -OCH3 is 1. The summed E-state index contributed by atoms with van der Waals surface area (Å²) in [5.41, 5.74) is 1.03. The number of guanidine groups is 1. The Bertz CT molecular complexity index is 909. The number of hydrogen-bond donors (Lipinski definition) is 2. The molecular weight excluding hydrogens is 523 g/mol. The molecule has 1 unspecified atom stereocenters. The molecule has 2 aromatic rings. The second-order valence-electron chi connectivity index (χ2n) is 6.15. The van der Waals surface area contributed by atoms with Crippen molar-refractivity contribution in [3.63, 3.8) is 0 Å². The Kier molecular flexibility index (Phi) is 10.3. The number of aliphatic imine (C=N–C) groups is 1. The van der Waals surface area contributed by atoms with E-state index in [1.807, 2.05) is 6.92 Å². The zero-order valence-electron chi connectivity index (χ0n) is 17.8. The van der Waals surface area contributed by atoms with Crippen LogP contribution in [0.15, 0.2) is 15.5 Å². The van der Waals surface area contributed by atoms with E-state index in [1.165, 1.54) is 18.4 Å². The quantitative estimate of drug-likeness (QED) is 0.234. The lowest BCUT2D eigenvalue weighted by Crippen LogP contribution is -2.38. The first-order valence-corrected chi connectivity index (χ1v) is 9.91. The van der Waals surface area contributed by atoms with Gasteiger partial charge in [-0.2, -0.15) is 0 Å². The molecule has 0 aliphatic heterocycles. The molecule has 2 rings (SSSR count). The number of halogens is 1. The van der Waals surface area contributed by atoms with Gasteiger partial charge in [0.2, 0.25) is 0 Å². The predicted octanol–water partition coefficient (Wildman–Crippen LogP) is 3.36. The number of nitrogens with one attached hydrogen (secondary N) is 2. The fraction of sp³-hybridized carbons (Fsp3) is 0.474. The number of esters is 2. The van der Waals surface area contributed by atoms with E-state index in [0.29, 0.717) is 46.8 Å². The van der Waals surface area contributed by atoms with E-state index in [-0.39, 0.29) is 36.0 Å². The topological polar surface area (TPSA) is 115 Å². The Morgan fingerprint density at radius 2 is 2.03 bits per heavy atom. The van der Waals surface area contributed by atoms with Gasteiger partial charge in [-0.3, -0.25) is 4.99 Å². The number of aromatic nitrogens is 1. The summed E-state index contributed by atoms with van der Waals surface area (Å²) in [6, 6.07) is 1.46. The summed E-state index contributed by atoms with van der Waals surface area (Å²) >= 11 is 1.29. The molecule has 30 heavy (non-hydrogen) atoms. The van der Waals surface area contributed by atoms with Crippen LogP contribution in [0, 0.1) is 13.8 Å². The van der Waals surface area contributed by atoms with Crippen molar-refractivity contribution in [2.45, 2.75) is 40.3 Å². The molecule has 0 saturated carbocycles. The van der Waals surface area contributed by atoms with Gasteiger partial charge in [0.1, 0.15) is 27.0 Å². The smallest absolute Gasteiger partial charge is 0.350 e. The van der Waals surface area contributed by atoms with Crippen molar-refractivity contribution in [1.29, 1.82) is 0 Å². The first-order valence-electron chi connectivity index (χ1n) is 9.09. The molecule has 2 aromatic heterocycles. The number of rotatable bonds is 7. The van der Waals surface area contributed by atoms with E-state index in [1.54, 1.807) is 33.9 Å². The maximum absolute atomic E-state index is 12.0. The molecule has 0 amide bonds. The molecule has 0 radical (unpaired) electrons. The highest BCUT2D eigenvalue weighted by molar-refractivity contribution is 14.0. The summed E-state index contributed by atoms with van der Waals surface area (Å²) in [7, 11) is 2.97. The zero-order valence-corrected chi connectivity index (χ0v) is 21.0. The Labute approximate surface area is 196 Å². The summed E-state index contributed by atoms with van der Waals surface area (Å²) in [5, 5.41) is 7.09. The standard InChI is InChI=1S/C19H26N4O5S.HI/c1-7-27-18(25)15-10(2)22-16(29-15)11(3)23-19(20-5)21-9-13-8-14(12(4)28-13)17(24)26-6;/h8,11H,7,9H2,1-6H3,(H2,20,21,23);1H. The van der Waals surface area contributed by atoms with E-state index >= 15 is 0 Å². The SMILES string of the molecule is CCOC(=O)c1sc(C(C)NC(=NC)NCc2cc(C(=O)OC)c(C)o2)nc1C.I. The second kappa shape index (κ2) is 11.9. The maximum Gasteiger partial charge on any atom is 0.350 e. The van der Waals surface area contributed by atoms with Crippen molar-refractivity contribution in [1.82, 2.24) is 15.6 Å². The predicted molar refractivity (Wildman–Crippen MR) is 125 cm³/mol. The number of furan rings is 1. The molecule has 1 atom stereocenters. The fourth-order valence-corrected chi connectivity index (χ4v) is 3.53. The molecule has 2 heterocycles. The molecule has 0 aliphatic carbocycles. The number of ether oxygens (including phenoxy) is 2. The van der Waals surface area contributed by atoms with Crippen LogP contribution in [0.5, 0.6) is 0 Å². The molecule has 0 saturated heterocycles. The van der Waals surface area contributed by atoms with Crippen molar-refractivity contribution in [2.75, 3.05) is 20.8 Å². The number of hydrogen-bond acceptors (Lipinski definition) is 8. The van der Waals surface area contributed by atoms with Crippen LogP contribution >= 0.6 is 35.3 Å². The monoisotopic (exact) mass is 550 g/mol. The van der Waals surface area contributed by atoms with E-state index in [4.69, 9.17) is 13.9 Å². The van der Waals surface area contributed by atoms with Crippen LogP contribution in [0.2, 0.25) is 0 Å². The highest BCUT2D eigenvalue weighted by atomic mass is 127.